The summed E-state index contributed by atoms with van der Waals surface area (Å²) in [7, 11) is 0. The molecule has 1 N–H and O–H groups in total. The van der Waals surface area contributed by atoms with Crippen LogP contribution < -0.4 is 0 Å². The van der Waals surface area contributed by atoms with Crippen molar-refractivity contribution in [2.24, 2.45) is 0 Å². The number of carbonyl (C=O) groups is 1. The van der Waals surface area contributed by atoms with Gasteiger partial charge in [-0.25, -0.2) is 4.79 Å². The minimum atomic E-state index is -1.40. The normalized spacial score (nSPS) is 9.88. The Kier molecular flexibility index (Phi) is 3.39. The molecule has 0 spiro atoms. The molecule has 86 valence electrons. The van der Waals surface area contributed by atoms with E-state index in [2.05, 4.69) is 5.10 Å². The molecule has 1 rings (SSSR count). The van der Waals surface area contributed by atoms with Crippen LogP contribution in [0.15, 0.2) is 17.8 Å². The fourth-order valence-corrected chi connectivity index (χ4v) is 1.07. The van der Waals surface area contributed by atoms with Gasteiger partial charge in [0, 0.05) is 0 Å². The van der Waals surface area contributed by atoms with Gasteiger partial charge >= 0.3 is 11.7 Å². The lowest BCUT2D eigenvalue weighted by molar-refractivity contribution is -0.385. The molecule has 1 heterocycles. The molecule has 1 aromatic rings. The van der Waals surface area contributed by atoms with Crippen LogP contribution in [-0.2, 0) is 6.54 Å². The van der Waals surface area contributed by atoms with Gasteiger partial charge in [0.1, 0.15) is 6.20 Å². The van der Waals surface area contributed by atoms with Crippen LogP contribution in [0.2, 0.25) is 0 Å². The number of hydrogen-bond donors (Lipinski definition) is 1. The van der Waals surface area contributed by atoms with Crippen molar-refractivity contribution in [2.75, 3.05) is 0 Å². The molecule has 0 bridgehead atoms. The van der Waals surface area contributed by atoms with Crippen molar-refractivity contribution in [1.82, 2.24) is 9.78 Å². The maximum Gasteiger partial charge on any atom is 0.363 e. The fraction of sp³-hybridized carbons (Fsp3) is 0.333. The van der Waals surface area contributed by atoms with E-state index in [0.29, 0.717) is 6.54 Å². The first-order chi connectivity index (χ1) is 7.41. The van der Waals surface area contributed by atoms with E-state index in [1.54, 1.807) is 6.08 Å². The predicted octanol–water partition coefficient (Wildman–Crippen LogP) is 1.46. The molecular weight excluding hydrogens is 214 g/mol. The number of nitrogens with zero attached hydrogens (tertiary/aromatic N) is 3. The van der Waals surface area contributed by atoms with Gasteiger partial charge in [-0.1, -0.05) is 11.6 Å². The standard InChI is InChI=1S/C9H11N3O4/c1-6(2)3-4-11-5-7(12(15)16)8(10-11)9(13)14/h3,5H,4H2,1-2H3,(H,13,14). The second kappa shape index (κ2) is 4.56. The summed E-state index contributed by atoms with van der Waals surface area (Å²) in [6.07, 6.45) is 2.91. The first kappa shape index (κ1) is 11.9. The first-order valence-corrected chi connectivity index (χ1v) is 4.50. The Labute approximate surface area is 91.1 Å². The summed E-state index contributed by atoms with van der Waals surface area (Å²) in [4.78, 5) is 20.5. The predicted molar refractivity (Wildman–Crippen MR) is 55.3 cm³/mol. The molecule has 0 aliphatic heterocycles. The minimum absolute atomic E-state index is 0.316. The van der Waals surface area contributed by atoms with E-state index in [-0.39, 0.29) is 0 Å². The van der Waals surface area contributed by atoms with Crippen LogP contribution in [0.3, 0.4) is 0 Å². The zero-order valence-corrected chi connectivity index (χ0v) is 8.88. The SMILES string of the molecule is CC(C)=CCn1cc([N+](=O)[O-])c(C(=O)O)n1. The molecule has 7 nitrogen and oxygen atoms in total. The van der Waals surface area contributed by atoms with Crippen molar-refractivity contribution in [2.45, 2.75) is 20.4 Å². The second-order valence-electron chi connectivity index (χ2n) is 3.43. The van der Waals surface area contributed by atoms with Crippen molar-refractivity contribution in [3.05, 3.63) is 33.7 Å². The van der Waals surface area contributed by atoms with Crippen molar-refractivity contribution in [1.29, 1.82) is 0 Å². The number of nitro groups is 1. The second-order valence-corrected chi connectivity index (χ2v) is 3.43. The summed E-state index contributed by atoms with van der Waals surface area (Å²) in [6.45, 7) is 4.06. The van der Waals surface area contributed by atoms with Crippen molar-refractivity contribution in [3.8, 4) is 0 Å². The van der Waals surface area contributed by atoms with Crippen molar-refractivity contribution >= 4 is 11.7 Å². The van der Waals surface area contributed by atoms with Gasteiger partial charge in [0.2, 0.25) is 5.69 Å². The Bertz CT molecular complexity index is 426. The topological polar surface area (TPSA) is 98.3 Å². The maximum atomic E-state index is 10.7. The Hall–Kier alpha value is -2.18. The molecule has 1 aromatic heterocycles. The van der Waals surface area contributed by atoms with Gasteiger partial charge in [-0.15, -0.1) is 0 Å². The van der Waals surface area contributed by atoms with Crippen LogP contribution >= 0.6 is 0 Å². The Morgan fingerprint density at radius 3 is 2.69 bits per heavy atom. The Morgan fingerprint density at radius 2 is 2.31 bits per heavy atom. The molecule has 0 radical (unpaired) electrons. The van der Waals surface area contributed by atoms with Gasteiger partial charge in [-0.05, 0) is 13.8 Å². The third-order valence-electron chi connectivity index (χ3n) is 1.83. The number of hydrogen-bond acceptors (Lipinski definition) is 4. The van der Waals surface area contributed by atoms with E-state index in [1.165, 1.54) is 4.68 Å². The molecule has 0 atom stereocenters. The van der Waals surface area contributed by atoms with E-state index in [1.807, 2.05) is 13.8 Å². The van der Waals surface area contributed by atoms with Crippen LogP contribution in [0.4, 0.5) is 5.69 Å². The highest BCUT2D eigenvalue weighted by Gasteiger charge is 2.24. The highest BCUT2D eigenvalue weighted by Crippen LogP contribution is 2.16. The van der Waals surface area contributed by atoms with Crippen LogP contribution in [0, 0.1) is 10.1 Å². The van der Waals surface area contributed by atoms with Crippen LogP contribution in [0.1, 0.15) is 24.3 Å². The molecule has 0 aliphatic rings. The molecule has 0 unspecified atom stereocenters. The maximum absolute atomic E-state index is 10.7. The van der Waals surface area contributed by atoms with Crippen LogP contribution in [0.5, 0.6) is 0 Å². The monoisotopic (exact) mass is 225 g/mol. The van der Waals surface area contributed by atoms with Crippen LogP contribution in [0.25, 0.3) is 0 Å². The van der Waals surface area contributed by atoms with Gasteiger partial charge in [0.05, 0.1) is 11.5 Å². The first-order valence-electron chi connectivity index (χ1n) is 4.50. The summed E-state index contributed by atoms with van der Waals surface area (Å²) in [5.41, 5.74) is -0.00293. The average Bonchev–Trinajstić information content (AvgIpc) is 2.58. The average molecular weight is 225 g/mol. The molecule has 0 aromatic carbocycles. The van der Waals surface area contributed by atoms with Gasteiger partial charge in [0.15, 0.2) is 0 Å². The van der Waals surface area contributed by atoms with Gasteiger partial charge in [-0.3, -0.25) is 14.8 Å². The van der Waals surface area contributed by atoms with Gasteiger partial charge < -0.3 is 5.11 Å². The molecule has 0 fully saturated rings. The number of aromatic carboxylic acids is 1. The minimum Gasteiger partial charge on any atom is -0.476 e. The lowest BCUT2D eigenvalue weighted by Crippen LogP contribution is -2.03. The molecule has 7 heteroatoms. The lowest BCUT2D eigenvalue weighted by Gasteiger charge is -1.94. The van der Waals surface area contributed by atoms with E-state index in [0.717, 1.165) is 11.8 Å². The Morgan fingerprint density at radius 1 is 1.69 bits per heavy atom. The fourth-order valence-electron chi connectivity index (χ4n) is 1.07. The van der Waals surface area contributed by atoms with E-state index in [4.69, 9.17) is 5.11 Å². The lowest BCUT2D eigenvalue weighted by atomic mass is 10.3. The summed E-state index contributed by atoms with van der Waals surface area (Å²) < 4.78 is 1.23. The summed E-state index contributed by atoms with van der Waals surface area (Å²) in [5.74, 6) is -1.40. The smallest absolute Gasteiger partial charge is 0.363 e. The quantitative estimate of drug-likeness (QED) is 0.475. The van der Waals surface area contributed by atoms with Gasteiger partial charge in [-0.2, -0.15) is 5.10 Å². The number of carboxylic acids is 1. The van der Waals surface area contributed by atoms with Gasteiger partial charge in [0.25, 0.3) is 0 Å². The highest BCUT2D eigenvalue weighted by molar-refractivity contribution is 5.89. The summed E-state index contributed by atoms with van der Waals surface area (Å²) >= 11 is 0. The number of carboxylic acid groups (broad SMARTS) is 1. The summed E-state index contributed by atoms with van der Waals surface area (Å²) in [6, 6.07) is 0. The third kappa shape index (κ3) is 2.66. The van der Waals surface area contributed by atoms with E-state index >= 15 is 0 Å². The largest absolute Gasteiger partial charge is 0.476 e. The summed E-state index contributed by atoms with van der Waals surface area (Å²) in [5, 5.41) is 22.9. The van der Waals surface area contributed by atoms with E-state index < -0.39 is 22.3 Å². The Balaban J connectivity index is 3.07. The molecule has 0 aliphatic carbocycles. The zero-order chi connectivity index (χ0) is 12.3. The van der Waals surface area contributed by atoms with Crippen LogP contribution in [-0.4, -0.2) is 25.8 Å². The van der Waals surface area contributed by atoms with Crippen molar-refractivity contribution in [3.63, 3.8) is 0 Å². The zero-order valence-electron chi connectivity index (χ0n) is 8.88. The molecule has 0 amide bonds. The number of rotatable bonds is 4. The third-order valence-corrected chi connectivity index (χ3v) is 1.83. The number of allylic oxidation sites excluding steroid dienone is 2. The highest BCUT2D eigenvalue weighted by atomic mass is 16.6. The number of aromatic nitrogens is 2. The van der Waals surface area contributed by atoms with E-state index in [9.17, 15) is 14.9 Å². The van der Waals surface area contributed by atoms with Crippen molar-refractivity contribution < 1.29 is 14.8 Å². The molecule has 0 saturated carbocycles. The molecule has 16 heavy (non-hydrogen) atoms. The molecular formula is C9H11N3O4. The molecule has 0 saturated heterocycles.